The standard InChI is InChI=1S/C15H15N3OS2/c16-8-10-9-4-2-1-3-5-12(9)21-15(10)18-14(19)13-11(17)6-7-20-13/h6-7H,1-5,17H2,(H,18,19). The van der Waals surface area contributed by atoms with Crippen molar-refractivity contribution in [2.24, 2.45) is 0 Å². The lowest BCUT2D eigenvalue weighted by atomic mass is 10.1. The van der Waals surface area contributed by atoms with Crippen LogP contribution in [0.5, 0.6) is 0 Å². The van der Waals surface area contributed by atoms with Crippen molar-refractivity contribution >= 4 is 39.3 Å². The highest BCUT2D eigenvalue weighted by Crippen LogP contribution is 2.37. The van der Waals surface area contributed by atoms with Gasteiger partial charge < -0.3 is 11.1 Å². The molecule has 0 saturated heterocycles. The second kappa shape index (κ2) is 5.88. The molecular formula is C15H15N3OS2. The minimum Gasteiger partial charge on any atom is -0.397 e. The number of nitrogens with two attached hydrogens (primary N) is 1. The molecule has 0 atom stereocenters. The average molecular weight is 317 g/mol. The van der Waals surface area contributed by atoms with Gasteiger partial charge >= 0.3 is 0 Å². The van der Waals surface area contributed by atoms with E-state index >= 15 is 0 Å². The summed E-state index contributed by atoms with van der Waals surface area (Å²) in [6, 6.07) is 3.98. The smallest absolute Gasteiger partial charge is 0.268 e. The summed E-state index contributed by atoms with van der Waals surface area (Å²) in [5.41, 5.74) is 8.03. The third kappa shape index (κ3) is 2.67. The van der Waals surface area contributed by atoms with E-state index in [9.17, 15) is 10.1 Å². The van der Waals surface area contributed by atoms with E-state index < -0.39 is 0 Å². The predicted molar refractivity (Wildman–Crippen MR) is 87.0 cm³/mol. The van der Waals surface area contributed by atoms with Crippen molar-refractivity contribution in [3.8, 4) is 6.07 Å². The van der Waals surface area contributed by atoms with Gasteiger partial charge in [0.2, 0.25) is 0 Å². The summed E-state index contributed by atoms with van der Waals surface area (Å²) < 4.78 is 0. The maximum absolute atomic E-state index is 12.3. The number of nitrogen functional groups attached to an aromatic ring is 1. The van der Waals surface area contributed by atoms with Crippen molar-refractivity contribution in [3.63, 3.8) is 0 Å². The molecule has 21 heavy (non-hydrogen) atoms. The number of amides is 1. The highest BCUT2D eigenvalue weighted by Gasteiger charge is 2.22. The Bertz CT molecular complexity index is 724. The Morgan fingerprint density at radius 1 is 1.33 bits per heavy atom. The summed E-state index contributed by atoms with van der Waals surface area (Å²) in [5, 5.41) is 14.8. The van der Waals surface area contributed by atoms with Crippen LogP contribution in [0.15, 0.2) is 11.4 Å². The normalized spacial score (nSPS) is 14.0. The maximum atomic E-state index is 12.3. The summed E-state index contributed by atoms with van der Waals surface area (Å²) in [4.78, 5) is 14.0. The molecule has 0 aromatic carbocycles. The van der Waals surface area contributed by atoms with Gasteiger partial charge in [-0.2, -0.15) is 5.26 Å². The molecule has 1 aliphatic carbocycles. The first kappa shape index (κ1) is 14.1. The molecule has 3 N–H and O–H groups in total. The lowest BCUT2D eigenvalue weighted by molar-refractivity contribution is 0.103. The number of nitriles is 1. The Kier molecular flexibility index (Phi) is 3.95. The number of nitrogens with one attached hydrogen (secondary N) is 1. The Labute approximate surface area is 131 Å². The molecule has 0 radical (unpaired) electrons. The summed E-state index contributed by atoms with van der Waals surface area (Å²) in [5.74, 6) is -0.226. The van der Waals surface area contributed by atoms with E-state index in [0.717, 1.165) is 31.2 Å². The van der Waals surface area contributed by atoms with E-state index in [2.05, 4.69) is 11.4 Å². The molecule has 0 fully saturated rings. The van der Waals surface area contributed by atoms with Gasteiger partial charge in [0.05, 0.1) is 11.3 Å². The summed E-state index contributed by atoms with van der Waals surface area (Å²) >= 11 is 2.85. The Morgan fingerprint density at radius 2 is 2.14 bits per heavy atom. The molecular weight excluding hydrogens is 302 g/mol. The third-order valence-corrected chi connectivity index (χ3v) is 5.80. The van der Waals surface area contributed by atoms with Gasteiger partial charge in [0, 0.05) is 4.88 Å². The van der Waals surface area contributed by atoms with Crippen LogP contribution in [-0.4, -0.2) is 5.91 Å². The Morgan fingerprint density at radius 3 is 2.86 bits per heavy atom. The van der Waals surface area contributed by atoms with Crippen LogP contribution in [0.4, 0.5) is 10.7 Å². The molecule has 6 heteroatoms. The third-order valence-electron chi connectivity index (χ3n) is 3.66. The molecule has 0 saturated carbocycles. The molecule has 0 unspecified atom stereocenters. The van der Waals surface area contributed by atoms with Crippen molar-refractivity contribution < 1.29 is 4.79 Å². The molecule has 2 heterocycles. The molecule has 0 bridgehead atoms. The van der Waals surface area contributed by atoms with Gasteiger partial charge in [-0.1, -0.05) is 6.42 Å². The molecule has 1 amide bonds. The van der Waals surface area contributed by atoms with Crippen LogP contribution in [0, 0.1) is 11.3 Å². The second-order valence-electron chi connectivity index (χ2n) is 5.04. The van der Waals surface area contributed by atoms with E-state index in [1.54, 1.807) is 22.8 Å². The van der Waals surface area contributed by atoms with E-state index in [1.165, 1.54) is 22.6 Å². The lowest BCUT2D eigenvalue weighted by Crippen LogP contribution is -2.11. The average Bonchev–Trinajstić information content (AvgIpc) is 2.95. The van der Waals surface area contributed by atoms with E-state index in [-0.39, 0.29) is 5.91 Å². The van der Waals surface area contributed by atoms with Crippen LogP contribution < -0.4 is 11.1 Å². The molecule has 0 aliphatic heterocycles. The molecule has 0 spiro atoms. The first-order valence-electron chi connectivity index (χ1n) is 6.89. The minimum absolute atomic E-state index is 0.226. The molecule has 4 nitrogen and oxygen atoms in total. The first-order chi connectivity index (χ1) is 10.2. The minimum atomic E-state index is -0.226. The number of hydrogen-bond acceptors (Lipinski definition) is 5. The fraction of sp³-hybridized carbons (Fsp3) is 0.333. The van der Waals surface area contributed by atoms with Crippen LogP contribution >= 0.6 is 22.7 Å². The van der Waals surface area contributed by atoms with E-state index in [1.807, 2.05) is 0 Å². The molecule has 3 rings (SSSR count). The van der Waals surface area contributed by atoms with Gasteiger partial charge in [0.15, 0.2) is 0 Å². The Balaban J connectivity index is 1.91. The highest BCUT2D eigenvalue weighted by molar-refractivity contribution is 7.17. The first-order valence-corrected chi connectivity index (χ1v) is 8.59. The van der Waals surface area contributed by atoms with Crippen molar-refractivity contribution in [2.45, 2.75) is 32.1 Å². The van der Waals surface area contributed by atoms with Crippen LogP contribution in [0.1, 0.15) is 44.9 Å². The van der Waals surface area contributed by atoms with Gasteiger partial charge in [0.1, 0.15) is 15.9 Å². The number of thiophene rings is 2. The number of nitrogens with zero attached hydrogens (tertiary/aromatic N) is 1. The predicted octanol–water partition coefficient (Wildman–Crippen LogP) is 3.78. The number of carbonyl (C=O) groups excluding carboxylic acids is 1. The fourth-order valence-electron chi connectivity index (χ4n) is 2.61. The van der Waals surface area contributed by atoms with Gasteiger partial charge in [-0.15, -0.1) is 22.7 Å². The number of fused-ring (bicyclic) bond motifs is 1. The van der Waals surface area contributed by atoms with Gasteiger partial charge in [-0.25, -0.2) is 0 Å². The molecule has 2 aromatic rings. The van der Waals surface area contributed by atoms with Crippen molar-refractivity contribution in [3.05, 3.63) is 32.3 Å². The summed E-state index contributed by atoms with van der Waals surface area (Å²) in [7, 11) is 0. The lowest BCUT2D eigenvalue weighted by Gasteiger charge is -2.03. The van der Waals surface area contributed by atoms with Gasteiger partial charge in [0.25, 0.3) is 5.91 Å². The fourth-order valence-corrected chi connectivity index (χ4v) is 4.56. The summed E-state index contributed by atoms with van der Waals surface area (Å²) in [6.45, 7) is 0. The van der Waals surface area contributed by atoms with Crippen LogP contribution in [0.2, 0.25) is 0 Å². The SMILES string of the molecule is N#Cc1c(NC(=O)c2sccc2N)sc2c1CCCCC2. The van der Waals surface area contributed by atoms with E-state index in [0.29, 0.717) is 21.1 Å². The summed E-state index contributed by atoms with van der Waals surface area (Å²) in [6.07, 6.45) is 5.42. The van der Waals surface area contributed by atoms with Gasteiger partial charge in [-0.05, 0) is 42.7 Å². The van der Waals surface area contributed by atoms with E-state index in [4.69, 9.17) is 5.73 Å². The second-order valence-corrected chi connectivity index (χ2v) is 7.06. The van der Waals surface area contributed by atoms with Gasteiger partial charge in [-0.3, -0.25) is 4.79 Å². The number of anilines is 2. The monoisotopic (exact) mass is 317 g/mol. The largest absolute Gasteiger partial charge is 0.397 e. The number of hydrogen-bond donors (Lipinski definition) is 2. The van der Waals surface area contributed by atoms with Crippen LogP contribution in [0.25, 0.3) is 0 Å². The number of rotatable bonds is 2. The highest BCUT2D eigenvalue weighted by atomic mass is 32.1. The molecule has 1 aliphatic rings. The maximum Gasteiger partial charge on any atom is 0.268 e. The number of carbonyl (C=O) groups is 1. The topological polar surface area (TPSA) is 78.9 Å². The molecule has 108 valence electrons. The zero-order chi connectivity index (χ0) is 14.8. The molecule has 2 aromatic heterocycles. The van der Waals surface area contributed by atoms with Crippen molar-refractivity contribution in [2.75, 3.05) is 11.1 Å². The zero-order valence-electron chi connectivity index (χ0n) is 11.4. The quantitative estimate of drug-likeness (QED) is 0.827. The van der Waals surface area contributed by atoms with Crippen LogP contribution in [0.3, 0.4) is 0 Å². The number of aryl methyl sites for hydroxylation is 1. The Hall–Kier alpha value is -1.84. The van der Waals surface area contributed by atoms with Crippen LogP contribution in [-0.2, 0) is 12.8 Å². The van der Waals surface area contributed by atoms with Crippen molar-refractivity contribution in [1.82, 2.24) is 0 Å². The van der Waals surface area contributed by atoms with Crippen molar-refractivity contribution in [1.29, 1.82) is 5.26 Å². The zero-order valence-corrected chi connectivity index (χ0v) is 13.1.